The predicted molar refractivity (Wildman–Crippen MR) is 105 cm³/mol. The van der Waals surface area contributed by atoms with Crippen molar-refractivity contribution in [3.8, 4) is 11.1 Å². The van der Waals surface area contributed by atoms with Crippen LogP contribution < -0.4 is 0 Å². The lowest BCUT2D eigenvalue weighted by molar-refractivity contribution is -0.137. The number of thiol groups is 1. The summed E-state index contributed by atoms with van der Waals surface area (Å²) in [6, 6.07) is 8.77. The smallest absolute Gasteiger partial charge is 0.417 e. The van der Waals surface area contributed by atoms with Crippen LogP contribution in [-0.2, 0) is 17.5 Å². The van der Waals surface area contributed by atoms with Gasteiger partial charge in [0.25, 0.3) is 0 Å². The molecule has 0 spiro atoms. The van der Waals surface area contributed by atoms with Crippen LogP contribution in [0.1, 0.15) is 31.9 Å². The molecule has 8 heteroatoms. The van der Waals surface area contributed by atoms with Crippen molar-refractivity contribution in [1.82, 2.24) is 0 Å². The molecule has 0 amide bonds. The summed E-state index contributed by atoms with van der Waals surface area (Å²) in [5.74, 6) is 0. The van der Waals surface area contributed by atoms with E-state index in [-0.39, 0.29) is 16.1 Å². The highest BCUT2D eigenvalue weighted by molar-refractivity contribution is 7.91. The minimum absolute atomic E-state index is 0.127. The number of halogens is 4. The lowest BCUT2D eigenvalue weighted by atomic mass is 9.95. The van der Waals surface area contributed by atoms with E-state index in [2.05, 4.69) is 17.0 Å². The lowest BCUT2D eigenvalue weighted by Crippen LogP contribution is -2.26. The summed E-state index contributed by atoms with van der Waals surface area (Å²) in [4.78, 5) is 0.473. The fourth-order valence-corrected chi connectivity index (χ4v) is 3.25. The van der Waals surface area contributed by atoms with Crippen molar-refractivity contribution in [1.29, 1.82) is 0 Å². The fourth-order valence-electron chi connectivity index (χ4n) is 2.19. The van der Waals surface area contributed by atoms with Crippen LogP contribution in [-0.4, -0.2) is 15.5 Å². The Morgan fingerprint density at radius 3 is 2.27 bits per heavy atom. The molecule has 0 heterocycles. The van der Waals surface area contributed by atoms with Crippen molar-refractivity contribution < 1.29 is 17.7 Å². The second kappa shape index (κ2) is 7.84. The Hall–Kier alpha value is -1.15. The lowest BCUT2D eigenvalue weighted by Gasteiger charge is -2.19. The van der Waals surface area contributed by atoms with Crippen LogP contribution in [0.4, 0.5) is 13.2 Å². The zero-order valence-electron chi connectivity index (χ0n) is 14.3. The monoisotopic (exact) mass is 419 g/mol. The first-order chi connectivity index (χ1) is 11.9. The van der Waals surface area contributed by atoms with E-state index in [0.29, 0.717) is 10.5 Å². The molecule has 1 unspecified atom stereocenters. The second-order valence-electron chi connectivity index (χ2n) is 6.49. The molecule has 0 aliphatic rings. The molecule has 0 radical (unpaired) electrons. The maximum absolute atomic E-state index is 13.5. The molecule has 2 aromatic carbocycles. The zero-order valence-corrected chi connectivity index (χ0v) is 16.7. The van der Waals surface area contributed by atoms with E-state index in [0.717, 1.165) is 12.3 Å². The van der Waals surface area contributed by atoms with Gasteiger partial charge in [-0.1, -0.05) is 34.2 Å². The Morgan fingerprint density at radius 1 is 1.12 bits per heavy atom. The summed E-state index contributed by atoms with van der Waals surface area (Å²) in [6.45, 7) is 5.06. The molecular weight excluding hydrogens is 403 g/mol. The quantitative estimate of drug-likeness (QED) is 0.359. The van der Waals surface area contributed by atoms with Crippen molar-refractivity contribution in [2.45, 2.75) is 36.6 Å². The van der Waals surface area contributed by atoms with Crippen molar-refractivity contribution in [2.75, 3.05) is 0 Å². The number of rotatable bonds is 3. The van der Waals surface area contributed by atoms with E-state index in [1.807, 2.05) is 0 Å². The molecule has 2 aromatic rings. The van der Waals surface area contributed by atoms with Crippen molar-refractivity contribution in [3.05, 3.63) is 52.5 Å². The maximum Gasteiger partial charge on any atom is 0.417 e. The summed E-state index contributed by atoms with van der Waals surface area (Å²) in [5.41, 5.74) is -0.538. The average Bonchev–Trinajstić information content (AvgIpc) is 2.51. The van der Waals surface area contributed by atoms with Crippen LogP contribution >= 0.6 is 24.2 Å². The summed E-state index contributed by atoms with van der Waals surface area (Å²) < 4.78 is 55.9. The third-order valence-electron chi connectivity index (χ3n) is 3.47. The topological polar surface area (TPSA) is 35.4 Å². The number of hydrogen-bond donors (Lipinski definition) is 1. The summed E-state index contributed by atoms with van der Waals surface area (Å²) in [6.07, 6.45) is -3.62. The largest absolute Gasteiger partial charge is 0.591 e. The van der Waals surface area contributed by atoms with Crippen LogP contribution in [0.5, 0.6) is 0 Å². The Labute approximate surface area is 164 Å². The molecule has 0 aromatic heterocycles. The molecule has 0 aliphatic heterocycles. The van der Waals surface area contributed by atoms with Gasteiger partial charge >= 0.3 is 6.18 Å². The summed E-state index contributed by atoms with van der Waals surface area (Å²) >= 11 is 8.84. The standard InChI is InChI=1S/C18H17ClF3NOS2/c1-17(2,3)26(24)23-10-12-13(18(20,21)22)8-9-14(19)16(12)11-6-4-5-7-15(11)25/h4-10,25H,1-3H3. The van der Waals surface area contributed by atoms with Crippen LogP contribution in [0.2, 0.25) is 5.02 Å². The van der Waals surface area contributed by atoms with Crippen molar-refractivity contribution >= 4 is 41.8 Å². The van der Waals surface area contributed by atoms with E-state index in [9.17, 15) is 17.7 Å². The number of alkyl halides is 3. The zero-order chi connectivity index (χ0) is 19.7. The highest BCUT2D eigenvalue weighted by Crippen LogP contribution is 2.41. The Bertz CT molecular complexity index is 832. The normalized spacial score (nSPS) is 14.0. The average molecular weight is 420 g/mol. The van der Waals surface area contributed by atoms with Gasteiger partial charge in [-0.05, 0) is 44.5 Å². The van der Waals surface area contributed by atoms with Crippen molar-refractivity contribution in [3.63, 3.8) is 0 Å². The summed E-state index contributed by atoms with van der Waals surface area (Å²) in [5, 5.41) is 0.127. The SMILES string of the molecule is CC(C)(C)[S+]([O-])N=Cc1c(C(F)(F)F)ccc(Cl)c1-c1ccccc1S. The molecule has 26 heavy (non-hydrogen) atoms. The minimum atomic E-state index is -4.62. The first kappa shape index (κ1) is 21.2. The maximum atomic E-state index is 13.5. The van der Waals surface area contributed by atoms with Crippen LogP contribution in [0, 0.1) is 0 Å². The number of benzene rings is 2. The van der Waals surface area contributed by atoms with Crippen LogP contribution in [0.25, 0.3) is 11.1 Å². The van der Waals surface area contributed by atoms with E-state index < -0.39 is 27.8 Å². The molecule has 2 rings (SSSR count). The molecule has 0 saturated carbocycles. The highest BCUT2D eigenvalue weighted by Gasteiger charge is 2.35. The van der Waals surface area contributed by atoms with Gasteiger partial charge in [0, 0.05) is 21.0 Å². The second-order valence-corrected chi connectivity index (χ2v) is 9.32. The van der Waals surface area contributed by atoms with Gasteiger partial charge in [-0.3, -0.25) is 0 Å². The molecule has 1 atom stereocenters. The first-order valence-corrected chi connectivity index (χ1v) is 9.50. The highest BCUT2D eigenvalue weighted by atomic mass is 35.5. The van der Waals surface area contributed by atoms with Gasteiger partial charge in [-0.25, -0.2) is 0 Å². The number of hydrogen-bond acceptors (Lipinski definition) is 3. The third kappa shape index (κ3) is 4.76. The van der Waals surface area contributed by atoms with E-state index in [1.54, 1.807) is 45.0 Å². The molecule has 0 saturated heterocycles. The molecule has 140 valence electrons. The Balaban J connectivity index is 2.76. The van der Waals surface area contributed by atoms with E-state index in [4.69, 9.17) is 11.6 Å². The molecule has 2 nitrogen and oxygen atoms in total. The fraction of sp³-hybridized carbons (Fsp3) is 0.278. The number of nitrogens with zero attached hydrogens (tertiary/aromatic N) is 1. The minimum Gasteiger partial charge on any atom is -0.591 e. The van der Waals surface area contributed by atoms with Gasteiger partial charge in [-0.15, -0.1) is 12.6 Å². The first-order valence-electron chi connectivity index (χ1n) is 7.57. The predicted octanol–water partition coefficient (Wildman–Crippen LogP) is 6.20. The Kier molecular flexibility index (Phi) is 6.38. The van der Waals surface area contributed by atoms with E-state index in [1.165, 1.54) is 6.07 Å². The summed E-state index contributed by atoms with van der Waals surface area (Å²) in [7, 11) is 0. The van der Waals surface area contributed by atoms with Crippen LogP contribution in [0.3, 0.4) is 0 Å². The van der Waals surface area contributed by atoms with Crippen LogP contribution in [0.15, 0.2) is 45.7 Å². The third-order valence-corrected chi connectivity index (χ3v) is 5.52. The molecule has 0 aliphatic carbocycles. The molecule has 0 N–H and O–H groups in total. The van der Waals surface area contributed by atoms with Gasteiger partial charge in [0.15, 0.2) is 0 Å². The molecular formula is C18H17ClF3NOS2. The van der Waals surface area contributed by atoms with Gasteiger partial charge < -0.3 is 4.55 Å². The van der Waals surface area contributed by atoms with Gasteiger partial charge in [-0.2, -0.15) is 13.2 Å². The Morgan fingerprint density at radius 2 is 1.73 bits per heavy atom. The molecule has 0 fully saturated rings. The van der Waals surface area contributed by atoms with Gasteiger partial charge in [0.2, 0.25) is 0 Å². The van der Waals surface area contributed by atoms with E-state index >= 15 is 0 Å². The van der Waals surface area contributed by atoms with Gasteiger partial charge in [0.05, 0.1) is 11.8 Å². The van der Waals surface area contributed by atoms with Crippen molar-refractivity contribution in [2.24, 2.45) is 4.40 Å². The van der Waals surface area contributed by atoms with Gasteiger partial charge in [0.1, 0.15) is 16.1 Å². The molecule has 0 bridgehead atoms.